The molecule has 2 atom stereocenters. The number of rotatable bonds is 5. The molecule has 1 aromatic rings. The molecule has 0 saturated carbocycles. The zero-order valence-corrected chi connectivity index (χ0v) is 13.0. The lowest BCUT2D eigenvalue weighted by Crippen LogP contribution is -2.25. The van der Waals surface area contributed by atoms with Gasteiger partial charge in [0.25, 0.3) is 0 Å². The standard InChI is InChI=1S/C17H19ClO4/c18-12-13-7-8-14(21-16-5-1-3-9-19-16)15(11-13)22-17-6-2-4-10-20-17/h1-4,7-8,11,16-17H,5-6,9-10,12H2. The lowest BCUT2D eigenvalue weighted by atomic mass is 10.2. The van der Waals surface area contributed by atoms with Crippen molar-refractivity contribution in [3.8, 4) is 11.5 Å². The second-order valence-corrected chi connectivity index (χ2v) is 5.36. The minimum Gasteiger partial charge on any atom is -0.461 e. The fraction of sp³-hybridized carbons (Fsp3) is 0.412. The average Bonchev–Trinajstić information content (AvgIpc) is 2.58. The first kappa shape index (κ1) is 15.4. The van der Waals surface area contributed by atoms with Crippen molar-refractivity contribution in [1.82, 2.24) is 0 Å². The molecule has 0 saturated heterocycles. The number of benzene rings is 1. The average molecular weight is 323 g/mol. The highest BCUT2D eigenvalue weighted by molar-refractivity contribution is 6.17. The molecule has 4 nitrogen and oxygen atoms in total. The number of hydrogen-bond donors (Lipinski definition) is 0. The molecule has 0 amide bonds. The van der Waals surface area contributed by atoms with Gasteiger partial charge in [-0.2, -0.15) is 0 Å². The fourth-order valence-electron chi connectivity index (χ4n) is 2.29. The van der Waals surface area contributed by atoms with Gasteiger partial charge < -0.3 is 18.9 Å². The lowest BCUT2D eigenvalue weighted by Gasteiger charge is -2.25. The molecule has 2 heterocycles. The highest BCUT2D eigenvalue weighted by Crippen LogP contribution is 2.32. The van der Waals surface area contributed by atoms with Crippen molar-refractivity contribution in [3.05, 3.63) is 48.1 Å². The summed E-state index contributed by atoms with van der Waals surface area (Å²) in [6, 6.07) is 5.69. The van der Waals surface area contributed by atoms with Gasteiger partial charge in [-0.15, -0.1) is 11.6 Å². The van der Waals surface area contributed by atoms with Gasteiger partial charge in [-0.25, -0.2) is 0 Å². The maximum absolute atomic E-state index is 5.94. The van der Waals surface area contributed by atoms with Crippen LogP contribution in [0.1, 0.15) is 18.4 Å². The number of alkyl halides is 1. The Morgan fingerprint density at radius 3 is 2.09 bits per heavy atom. The molecule has 1 aromatic carbocycles. The third-order valence-corrected chi connectivity index (χ3v) is 3.73. The first-order chi connectivity index (χ1) is 10.8. The van der Waals surface area contributed by atoms with Gasteiger partial charge in [0, 0.05) is 18.7 Å². The highest BCUT2D eigenvalue weighted by Gasteiger charge is 2.19. The Bertz CT molecular complexity index is 556. The van der Waals surface area contributed by atoms with Crippen molar-refractivity contribution in [2.45, 2.75) is 31.3 Å². The van der Waals surface area contributed by atoms with Crippen LogP contribution >= 0.6 is 11.6 Å². The van der Waals surface area contributed by atoms with Crippen LogP contribution < -0.4 is 9.47 Å². The van der Waals surface area contributed by atoms with Crippen LogP contribution in [0.4, 0.5) is 0 Å². The predicted octanol–water partition coefficient (Wildman–Crippen LogP) is 3.79. The van der Waals surface area contributed by atoms with Crippen LogP contribution in [0.2, 0.25) is 0 Å². The van der Waals surface area contributed by atoms with Crippen LogP contribution in [0.25, 0.3) is 0 Å². The van der Waals surface area contributed by atoms with Crippen molar-refractivity contribution in [1.29, 1.82) is 0 Å². The van der Waals surface area contributed by atoms with E-state index < -0.39 is 0 Å². The molecule has 0 N–H and O–H groups in total. The summed E-state index contributed by atoms with van der Waals surface area (Å²) in [4.78, 5) is 0. The van der Waals surface area contributed by atoms with Crippen molar-refractivity contribution < 1.29 is 18.9 Å². The third kappa shape index (κ3) is 4.03. The molecule has 0 aromatic heterocycles. The summed E-state index contributed by atoms with van der Waals surface area (Å²) in [6.45, 7) is 1.13. The van der Waals surface area contributed by atoms with Gasteiger partial charge in [0.05, 0.1) is 13.2 Å². The summed E-state index contributed by atoms with van der Waals surface area (Å²) < 4.78 is 23.0. The van der Waals surface area contributed by atoms with E-state index in [4.69, 9.17) is 30.5 Å². The zero-order chi connectivity index (χ0) is 15.2. The van der Waals surface area contributed by atoms with Gasteiger partial charge in [-0.05, 0) is 17.7 Å². The lowest BCUT2D eigenvalue weighted by molar-refractivity contribution is -0.0871. The molecule has 22 heavy (non-hydrogen) atoms. The predicted molar refractivity (Wildman–Crippen MR) is 84.2 cm³/mol. The Balaban J connectivity index is 1.75. The van der Waals surface area contributed by atoms with E-state index in [-0.39, 0.29) is 12.6 Å². The molecule has 2 aliphatic heterocycles. The first-order valence-corrected chi connectivity index (χ1v) is 7.94. The number of ether oxygens (including phenoxy) is 4. The van der Waals surface area contributed by atoms with Crippen molar-refractivity contribution in [2.24, 2.45) is 0 Å². The Kier molecular flexibility index (Phi) is 5.38. The monoisotopic (exact) mass is 322 g/mol. The van der Waals surface area contributed by atoms with E-state index in [1.165, 1.54) is 0 Å². The summed E-state index contributed by atoms with van der Waals surface area (Å²) in [7, 11) is 0. The van der Waals surface area contributed by atoms with E-state index in [9.17, 15) is 0 Å². The Labute approximate surface area is 135 Å². The maximum Gasteiger partial charge on any atom is 0.203 e. The molecule has 3 rings (SSSR count). The highest BCUT2D eigenvalue weighted by atomic mass is 35.5. The van der Waals surface area contributed by atoms with Gasteiger partial charge in [-0.3, -0.25) is 0 Å². The number of halogens is 1. The third-order valence-electron chi connectivity index (χ3n) is 3.43. The first-order valence-electron chi connectivity index (χ1n) is 7.40. The normalized spacial score (nSPS) is 24.2. The van der Waals surface area contributed by atoms with Crippen LogP contribution in [0.3, 0.4) is 0 Å². The van der Waals surface area contributed by atoms with Gasteiger partial charge in [0.2, 0.25) is 12.6 Å². The Morgan fingerprint density at radius 1 is 0.909 bits per heavy atom. The zero-order valence-electron chi connectivity index (χ0n) is 12.2. The summed E-state index contributed by atoms with van der Waals surface area (Å²) in [5.41, 5.74) is 0.972. The number of hydrogen-bond acceptors (Lipinski definition) is 4. The van der Waals surface area contributed by atoms with E-state index in [1.807, 2.05) is 30.4 Å². The summed E-state index contributed by atoms with van der Waals surface area (Å²) >= 11 is 5.91. The molecular formula is C17H19ClO4. The van der Waals surface area contributed by atoms with Gasteiger partial charge in [0.1, 0.15) is 0 Å². The Hall–Kier alpha value is -1.49. The van der Waals surface area contributed by atoms with E-state index in [1.54, 1.807) is 0 Å². The molecule has 0 fully saturated rings. The summed E-state index contributed by atoms with van der Waals surface area (Å²) in [6.07, 6.45) is 8.91. The largest absolute Gasteiger partial charge is 0.461 e. The van der Waals surface area contributed by atoms with Crippen LogP contribution in [0.15, 0.2) is 42.5 Å². The van der Waals surface area contributed by atoms with Crippen molar-refractivity contribution in [3.63, 3.8) is 0 Å². The van der Waals surface area contributed by atoms with Gasteiger partial charge in [-0.1, -0.05) is 30.4 Å². The molecule has 0 bridgehead atoms. The van der Waals surface area contributed by atoms with Crippen LogP contribution in [0, 0.1) is 0 Å². The molecule has 0 aliphatic carbocycles. The van der Waals surface area contributed by atoms with E-state index >= 15 is 0 Å². The van der Waals surface area contributed by atoms with Crippen LogP contribution in [-0.4, -0.2) is 25.8 Å². The van der Waals surface area contributed by atoms with Gasteiger partial charge in [0.15, 0.2) is 11.5 Å². The second kappa shape index (κ2) is 7.68. The van der Waals surface area contributed by atoms with Crippen molar-refractivity contribution in [2.75, 3.05) is 13.2 Å². The SMILES string of the molecule is ClCc1ccc(OC2CC=CCO2)c(OC2CC=CCO2)c1. The molecule has 2 unspecified atom stereocenters. The quantitative estimate of drug-likeness (QED) is 0.610. The van der Waals surface area contributed by atoms with E-state index in [2.05, 4.69) is 12.2 Å². The molecule has 0 radical (unpaired) electrons. The molecule has 5 heteroatoms. The molecular weight excluding hydrogens is 304 g/mol. The smallest absolute Gasteiger partial charge is 0.203 e. The van der Waals surface area contributed by atoms with Crippen LogP contribution in [0.5, 0.6) is 11.5 Å². The van der Waals surface area contributed by atoms with Crippen molar-refractivity contribution >= 4 is 11.6 Å². The van der Waals surface area contributed by atoms with Gasteiger partial charge >= 0.3 is 0 Å². The van der Waals surface area contributed by atoms with E-state index in [0.29, 0.717) is 37.0 Å². The summed E-state index contributed by atoms with van der Waals surface area (Å²) in [5.74, 6) is 1.70. The maximum atomic E-state index is 5.94. The van der Waals surface area contributed by atoms with E-state index in [0.717, 1.165) is 12.0 Å². The van der Waals surface area contributed by atoms with Crippen LogP contribution in [-0.2, 0) is 15.4 Å². The Morgan fingerprint density at radius 2 is 1.55 bits per heavy atom. The summed E-state index contributed by atoms with van der Waals surface area (Å²) in [5, 5.41) is 0. The fourth-order valence-corrected chi connectivity index (χ4v) is 2.45. The molecule has 0 spiro atoms. The minimum absolute atomic E-state index is 0.290. The second-order valence-electron chi connectivity index (χ2n) is 5.09. The minimum atomic E-state index is -0.301. The topological polar surface area (TPSA) is 36.9 Å². The molecule has 118 valence electrons. The molecule has 2 aliphatic rings.